The molecule has 1 fully saturated rings. The topological polar surface area (TPSA) is 36.7 Å². The predicted molar refractivity (Wildman–Crippen MR) is 61.8 cm³/mol. The van der Waals surface area contributed by atoms with Crippen molar-refractivity contribution in [2.75, 3.05) is 0 Å². The van der Waals surface area contributed by atoms with Crippen molar-refractivity contribution < 1.29 is 0 Å². The molecule has 1 aromatic rings. The van der Waals surface area contributed by atoms with Crippen LogP contribution in [0.25, 0.3) is 0 Å². The van der Waals surface area contributed by atoms with E-state index in [1.165, 1.54) is 0 Å². The molecule has 0 radical (unpaired) electrons. The van der Waals surface area contributed by atoms with Gasteiger partial charge >= 0.3 is 0 Å². The highest BCUT2D eigenvalue weighted by molar-refractivity contribution is 7.99. The minimum Gasteiger partial charge on any atom is -0.248 e. The predicted octanol–water partition coefficient (Wildman–Crippen LogP) is 3.52. The van der Waals surface area contributed by atoms with Crippen LogP contribution in [0.4, 0.5) is 0 Å². The van der Waals surface area contributed by atoms with Crippen LogP contribution in [0.15, 0.2) is 23.4 Å². The summed E-state index contributed by atoms with van der Waals surface area (Å²) in [6.45, 7) is 0. The van der Waals surface area contributed by atoms with Crippen molar-refractivity contribution in [2.45, 2.75) is 29.5 Å². The van der Waals surface area contributed by atoms with Crippen LogP contribution >= 0.6 is 23.4 Å². The van der Waals surface area contributed by atoms with E-state index >= 15 is 0 Å². The molecule has 15 heavy (non-hydrogen) atoms. The molecule has 1 heterocycles. The molecule has 0 bridgehead atoms. The first-order valence-electron chi connectivity index (χ1n) is 4.97. The van der Waals surface area contributed by atoms with Gasteiger partial charge in [0.05, 0.1) is 22.0 Å². The summed E-state index contributed by atoms with van der Waals surface area (Å²) in [6.07, 6.45) is 4.96. The van der Waals surface area contributed by atoms with Gasteiger partial charge in [-0.3, -0.25) is 0 Å². The van der Waals surface area contributed by atoms with Crippen LogP contribution in [-0.2, 0) is 0 Å². The van der Waals surface area contributed by atoms with Crippen LogP contribution in [0.3, 0.4) is 0 Å². The Hall–Kier alpha value is -0.720. The molecule has 0 spiro atoms. The molecule has 1 aliphatic carbocycles. The van der Waals surface area contributed by atoms with Gasteiger partial charge in [-0.05, 0) is 25.0 Å². The van der Waals surface area contributed by atoms with Gasteiger partial charge in [0.15, 0.2) is 0 Å². The van der Waals surface area contributed by atoms with Crippen molar-refractivity contribution in [3.05, 3.63) is 23.4 Å². The van der Waals surface area contributed by atoms with Gasteiger partial charge in [-0.2, -0.15) is 5.26 Å². The van der Waals surface area contributed by atoms with E-state index in [2.05, 4.69) is 11.1 Å². The summed E-state index contributed by atoms with van der Waals surface area (Å²) in [7, 11) is 0. The number of rotatable bonds is 2. The van der Waals surface area contributed by atoms with Crippen molar-refractivity contribution in [1.29, 1.82) is 5.26 Å². The number of aromatic nitrogens is 1. The first kappa shape index (κ1) is 10.8. The van der Waals surface area contributed by atoms with Crippen LogP contribution in [0.5, 0.6) is 0 Å². The zero-order valence-electron chi connectivity index (χ0n) is 8.19. The van der Waals surface area contributed by atoms with E-state index in [1.807, 2.05) is 12.1 Å². The van der Waals surface area contributed by atoms with E-state index in [9.17, 15) is 0 Å². The summed E-state index contributed by atoms with van der Waals surface area (Å²) >= 11 is 7.46. The summed E-state index contributed by atoms with van der Waals surface area (Å²) < 4.78 is 0. The van der Waals surface area contributed by atoms with Crippen LogP contribution in [0, 0.1) is 17.2 Å². The van der Waals surface area contributed by atoms with E-state index < -0.39 is 0 Å². The van der Waals surface area contributed by atoms with E-state index in [0.29, 0.717) is 10.3 Å². The van der Waals surface area contributed by atoms with Gasteiger partial charge in [0.2, 0.25) is 0 Å². The Kier molecular flexibility index (Phi) is 3.50. The largest absolute Gasteiger partial charge is 0.248 e. The minimum atomic E-state index is 0.187. The monoisotopic (exact) mass is 238 g/mol. The van der Waals surface area contributed by atoms with E-state index in [0.717, 1.165) is 24.3 Å². The highest BCUT2D eigenvalue weighted by Gasteiger charge is 2.28. The van der Waals surface area contributed by atoms with Gasteiger partial charge in [-0.25, -0.2) is 4.98 Å². The molecule has 1 aromatic heterocycles. The maximum absolute atomic E-state index is 8.95. The molecule has 0 amide bonds. The second-order valence-electron chi connectivity index (χ2n) is 3.64. The summed E-state index contributed by atoms with van der Waals surface area (Å²) in [5.41, 5.74) is 0. The third-order valence-electron chi connectivity index (χ3n) is 2.59. The standard InChI is InChI=1S/C11H11ClN2S/c12-9-4-5-11(14-7-9)15-10-3-1-2-8(10)6-13/h4-5,7-8,10H,1-3H2. The third kappa shape index (κ3) is 2.64. The fraction of sp³-hybridized carbons (Fsp3) is 0.455. The van der Waals surface area contributed by atoms with Gasteiger partial charge in [-0.15, -0.1) is 11.8 Å². The van der Waals surface area contributed by atoms with Crippen molar-refractivity contribution in [3.63, 3.8) is 0 Å². The Morgan fingerprint density at radius 3 is 3.00 bits per heavy atom. The summed E-state index contributed by atoms with van der Waals surface area (Å²) in [4.78, 5) is 4.23. The first-order chi connectivity index (χ1) is 7.29. The lowest BCUT2D eigenvalue weighted by Crippen LogP contribution is -2.07. The molecule has 0 aromatic carbocycles. The fourth-order valence-electron chi connectivity index (χ4n) is 1.80. The average molecular weight is 239 g/mol. The molecular weight excluding hydrogens is 228 g/mol. The molecule has 0 saturated heterocycles. The van der Waals surface area contributed by atoms with Crippen molar-refractivity contribution in [2.24, 2.45) is 5.92 Å². The van der Waals surface area contributed by atoms with Gasteiger partial charge in [-0.1, -0.05) is 18.0 Å². The van der Waals surface area contributed by atoms with Crippen LogP contribution in [0.2, 0.25) is 5.02 Å². The Balaban J connectivity index is 2.03. The molecule has 2 atom stereocenters. The van der Waals surface area contributed by atoms with Crippen molar-refractivity contribution in [3.8, 4) is 6.07 Å². The molecule has 2 unspecified atom stereocenters. The molecule has 0 N–H and O–H groups in total. The fourth-order valence-corrected chi connectivity index (χ4v) is 3.13. The van der Waals surface area contributed by atoms with Crippen LogP contribution in [-0.4, -0.2) is 10.2 Å². The first-order valence-corrected chi connectivity index (χ1v) is 6.23. The molecule has 0 aliphatic heterocycles. The van der Waals surface area contributed by atoms with Crippen LogP contribution < -0.4 is 0 Å². The maximum atomic E-state index is 8.95. The molecule has 2 nitrogen and oxygen atoms in total. The highest BCUT2D eigenvalue weighted by atomic mass is 35.5. The van der Waals surface area contributed by atoms with Gasteiger partial charge in [0, 0.05) is 11.4 Å². The number of nitrogens with zero attached hydrogens (tertiary/aromatic N) is 2. The van der Waals surface area contributed by atoms with Crippen LogP contribution in [0.1, 0.15) is 19.3 Å². The number of hydrogen-bond acceptors (Lipinski definition) is 3. The molecule has 1 saturated carbocycles. The summed E-state index contributed by atoms with van der Waals surface area (Å²) in [5, 5.41) is 11.0. The number of hydrogen-bond donors (Lipinski definition) is 0. The molecule has 2 rings (SSSR count). The summed E-state index contributed by atoms with van der Waals surface area (Å²) in [6, 6.07) is 6.13. The zero-order valence-corrected chi connectivity index (χ0v) is 9.76. The Bertz CT molecular complexity index is 371. The molecule has 78 valence electrons. The number of halogens is 1. The lowest BCUT2D eigenvalue weighted by Gasteiger charge is -2.11. The van der Waals surface area contributed by atoms with Gasteiger partial charge < -0.3 is 0 Å². The van der Waals surface area contributed by atoms with E-state index in [-0.39, 0.29) is 5.92 Å². The molecule has 1 aliphatic rings. The quantitative estimate of drug-likeness (QED) is 0.791. The van der Waals surface area contributed by atoms with E-state index in [4.69, 9.17) is 16.9 Å². The SMILES string of the molecule is N#CC1CCCC1Sc1ccc(Cl)cn1. The highest BCUT2D eigenvalue weighted by Crippen LogP contribution is 2.37. The normalized spacial score (nSPS) is 25.1. The Morgan fingerprint density at radius 1 is 1.47 bits per heavy atom. The van der Waals surface area contributed by atoms with Gasteiger partial charge in [0.25, 0.3) is 0 Å². The molecule has 4 heteroatoms. The zero-order chi connectivity index (χ0) is 10.7. The Morgan fingerprint density at radius 2 is 2.33 bits per heavy atom. The minimum absolute atomic E-state index is 0.187. The van der Waals surface area contributed by atoms with Gasteiger partial charge in [0.1, 0.15) is 0 Å². The number of nitriles is 1. The number of pyridine rings is 1. The lowest BCUT2D eigenvalue weighted by atomic mass is 10.1. The lowest BCUT2D eigenvalue weighted by molar-refractivity contribution is 0.713. The Labute approximate surface area is 98.7 Å². The van der Waals surface area contributed by atoms with Crippen molar-refractivity contribution >= 4 is 23.4 Å². The average Bonchev–Trinajstić information content (AvgIpc) is 2.69. The second-order valence-corrected chi connectivity index (χ2v) is 5.33. The van der Waals surface area contributed by atoms with E-state index in [1.54, 1.807) is 18.0 Å². The smallest absolute Gasteiger partial charge is 0.0964 e. The number of thioether (sulfide) groups is 1. The maximum Gasteiger partial charge on any atom is 0.0964 e. The van der Waals surface area contributed by atoms with Crippen molar-refractivity contribution in [1.82, 2.24) is 4.98 Å². The third-order valence-corrected chi connectivity index (χ3v) is 4.16. The second kappa shape index (κ2) is 4.87. The molecular formula is C11H11ClN2S. The summed E-state index contributed by atoms with van der Waals surface area (Å²) in [5.74, 6) is 0.187.